The summed E-state index contributed by atoms with van der Waals surface area (Å²) in [5, 5.41) is 11.8. The summed E-state index contributed by atoms with van der Waals surface area (Å²) in [7, 11) is 1.79. The summed E-state index contributed by atoms with van der Waals surface area (Å²) < 4.78 is 0. The topological polar surface area (TPSA) is 71.0 Å². The van der Waals surface area contributed by atoms with Crippen LogP contribution in [0, 0.1) is 0 Å². The highest BCUT2D eigenvalue weighted by atomic mass is 16.2. The standard InChI is InChI=1S/C20H27N5O/c1-25(15-12-16-10-13-21-14-11-16)20(26)18-8-9-19(24-23-18)22-17-6-4-2-3-5-7-17/h8-11,13-14,17H,2-7,12,15H2,1H3,(H,22,24). The predicted octanol–water partition coefficient (Wildman–Crippen LogP) is 3.32. The van der Waals surface area contributed by atoms with Gasteiger partial charge >= 0.3 is 0 Å². The Morgan fingerprint density at radius 3 is 2.46 bits per heavy atom. The van der Waals surface area contributed by atoms with Gasteiger partial charge < -0.3 is 10.2 Å². The van der Waals surface area contributed by atoms with Crippen molar-refractivity contribution in [1.82, 2.24) is 20.1 Å². The smallest absolute Gasteiger partial charge is 0.274 e. The van der Waals surface area contributed by atoms with Gasteiger partial charge in [0.1, 0.15) is 5.82 Å². The Morgan fingerprint density at radius 2 is 1.81 bits per heavy atom. The van der Waals surface area contributed by atoms with Gasteiger partial charge in [0.25, 0.3) is 5.91 Å². The number of nitrogens with one attached hydrogen (secondary N) is 1. The van der Waals surface area contributed by atoms with Gasteiger partial charge in [-0.05, 0) is 49.1 Å². The van der Waals surface area contributed by atoms with Crippen LogP contribution in [0.1, 0.15) is 54.6 Å². The minimum atomic E-state index is -0.104. The number of anilines is 1. The minimum Gasteiger partial charge on any atom is -0.366 e. The number of carbonyl (C=O) groups is 1. The molecule has 1 amide bonds. The fraction of sp³-hybridized carbons (Fsp3) is 0.500. The lowest BCUT2D eigenvalue weighted by Crippen LogP contribution is -2.30. The van der Waals surface area contributed by atoms with Crippen LogP contribution in [0.25, 0.3) is 0 Å². The lowest BCUT2D eigenvalue weighted by molar-refractivity contribution is 0.0789. The summed E-state index contributed by atoms with van der Waals surface area (Å²) in [4.78, 5) is 18.2. The minimum absolute atomic E-state index is 0.104. The van der Waals surface area contributed by atoms with Crippen LogP contribution >= 0.6 is 0 Å². The van der Waals surface area contributed by atoms with E-state index in [0.29, 0.717) is 18.3 Å². The lowest BCUT2D eigenvalue weighted by Gasteiger charge is -2.18. The Bertz CT molecular complexity index is 681. The van der Waals surface area contributed by atoms with Crippen LogP contribution < -0.4 is 5.32 Å². The Labute approximate surface area is 155 Å². The molecule has 0 radical (unpaired) electrons. The van der Waals surface area contributed by atoms with Crippen LogP contribution in [-0.4, -0.2) is 45.6 Å². The van der Waals surface area contributed by atoms with Crippen molar-refractivity contribution in [3.8, 4) is 0 Å². The summed E-state index contributed by atoms with van der Waals surface area (Å²) in [6.07, 6.45) is 11.9. The molecule has 1 aliphatic rings. The van der Waals surface area contributed by atoms with Crippen molar-refractivity contribution in [2.45, 2.75) is 51.0 Å². The molecule has 0 spiro atoms. The number of aromatic nitrogens is 3. The number of likely N-dealkylation sites (N-methyl/N-ethyl adjacent to an activating group) is 1. The Morgan fingerprint density at radius 1 is 1.08 bits per heavy atom. The van der Waals surface area contributed by atoms with Gasteiger partial charge in [0, 0.05) is 32.0 Å². The van der Waals surface area contributed by atoms with Gasteiger partial charge in [0.2, 0.25) is 0 Å². The number of pyridine rings is 1. The van der Waals surface area contributed by atoms with Crippen molar-refractivity contribution in [2.24, 2.45) is 0 Å². The molecular formula is C20H27N5O. The molecule has 1 aliphatic carbocycles. The molecule has 1 N–H and O–H groups in total. The average molecular weight is 353 g/mol. The number of hydrogen-bond acceptors (Lipinski definition) is 5. The highest BCUT2D eigenvalue weighted by Gasteiger charge is 2.16. The Hall–Kier alpha value is -2.50. The van der Waals surface area contributed by atoms with Gasteiger partial charge in [-0.25, -0.2) is 0 Å². The zero-order valence-electron chi connectivity index (χ0n) is 15.4. The van der Waals surface area contributed by atoms with Crippen molar-refractivity contribution in [3.63, 3.8) is 0 Å². The van der Waals surface area contributed by atoms with E-state index in [0.717, 1.165) is 17.8 Å². The summed E-state index contributed by atoms with van der Waals surface area (Å²) >= 11 is 0. The molecule has 3 rings (SSSR count). The third-order valence-corrected chi connectivity index (χ3v) is 4.92. The number of rotatable bonds is 6. The zero-order chi connectivity index (χ0) is 18.2. The molecule has 0 bridgehead atoms. The van der Waals surface area contributed by atoms with Crippen LogP contribution in [0.2, 0.25) is 0 Å². The predicted molar refractivity (Wildman–Crippen MR) is 102 cm³/mol. The molecule has 0 atom stereocenters. The first-order chi connectivity index (χ1) is 12.7. The van der Waals surface area contributed by atoms with Crippen LogP contribution in [0.5, 0.6) is 0 Å². The number of hydrogen-bond donors (Lipinski definition) is 1. The molecule has 6 nitrogen and oxygen atoms in total. The summed E-state index contributed by atoms with van der Waals surface area (Å²) in [6.45, 7) is 0.632. The summed E-state index contributed by atoms with van der Waals surface area (Å²) in [5.74, 6) is 0.653. The fourth-order valence-electron chi connectivity index (χ4n) is 3.30. The SMILES string of the molecule is CN(CCc1ccncc1)C(=O)c1ccc(NC2CCCCCC2)nn1. The van der Waals surface area contributed by atoms with E-state index in [9.17, 15) is 4.79 Å². The average Bonchev–Trinajstić information content (AvgIpc) is 2.95. The fourth-order valence-corrected chi connectivity index (χ4v) is 3.30. The second-order valence-corrected chi connectivity index (χ2v) is 6.97. The van der Waals surface area contributed by atoms with Crippen LogP contribution in [0.15, 0.2) is 36.7 Å². The van der Waals surface area contributed by atoms with E-state index in [-0.39, 0.29) is 5.91 Å². The third kappa shape index (κ3) is 5.25. The van der Waals surface area contributed by atoms with E-state index in [2.05, 4.69) is 20.5 Å². The first kappa shape index (κ1) is 18.3. The zero-order valence-corrected chi connectivity index (χ0v) is 15.4. The molecule has 0 unspecified atom stereocenters. The summed E-state index contributed by atoms with van der Waals surface area (Å²) in [5.41, 5.74) is 1.54. The maximum absolute atomic E-state index is 12.5. The molecule has 0 saturated heterocycles. The van der Waals surface area contributed by atoms with Crippen molar-refractivity contribution < 1.29 is 4.79 Å². The highest BCUT2D eigenvalue weighted by Crippen LogP contribution is 2.20. The molecule has 2 aromatic heterocycles. The first-order valence-corrected chi connectivity index (χ1v) is 9.47. The maximum Gasteiger partial charge on any atom is 0.274 e. The van der Waals surface area contributed by atoms with Gasteiger partial charge in [0.15, 0.2) is 5.69 Å². The van der Waals surface area contributed by atoms with E-state index in [4.69, 9.17) is 0 Å². The Kier molecular flexibility index (Phi) is 6.52. The van der Waals surface area contributed by atoms with Gasteiger partial charge in [-0.3, -0.25) is 9.78 Å². The van der Waals surface area contributed by atoms with E-state index < -0.39 is 0 Å². The van der Waals surface area contributed by atoms with Crippen molar-refractivity contribution in [1.29, 1.82) is 0 Å². The molecule has 2 heterocycles. The lowest BCUT2D eigenvalue weighted by atomic mass is 10.1. The van der Waals surface area contributed by atoms with Gasteiger partial charge in [-0.15, -0.1) is 10.2 Å². The molecule has 0 aromatic carbocycles. The second-order valence-electron chi connectivity index (χ2n) is 6.97. The third-order valence-electron chi connectivity index (χ3n) is 4.92. The maximum atomic E-state index is 12.5. The molecular weight excluding hydrogens is 326 g/mol. The summed E-state index contributed by atoms with van der Waals surface area (Å²) in [6, 6.07) is 8.02. The molecule has 1 saturated carbocycles. The molecule has 138 valence electrons. The van der Waals surface area contributed by atoms with Gasteiger partial charge in [-0.1, -0.05) is 25.7 Å². The van der Waals surface area contributed by atoms with E-state index in [1.807, 2.05) is 18.2 Å². The van der Waals surface area contributed by atoms with Crippen molar-refractivity contribution in [2.75, 3.05) is 18.9 Å². The quantitative estimate of drug-likeness (QED) is 0.807. The number of nitrogens with zero attached hydrogens (tertiary/aromatic N) is 4. The van der Waals surface area contributed by atoms with Crippen LogP contribution in [0.3, 0.4) is 0 Å². The normalized spacial score (nSPS) is 15.3. The van der Waals surface area contributed by atoms with Crippen LogP contribution in [-0.2, 0) is 6.42 Å². The highest BCUT2D eigenvalue weighted by molar-refractivity contribution is 5.92. The first-order valence-electron chi connectivity index (χ1n) is 9.47. The molecule has 6 heteroatoms. The van der Waals surface area contributed by atoms with Gasteiger partial charge in [-0.2, -0.15) is 0 Å². The Balaban J connectivity index is 1.52. The van der Waals surface area contributed by atoms with E-state index in [1.54, 1.807) is 30.4 Å². The molecule has 0 aliphatic heterocycles. The van der Waals surface area contributed by atoms with Crippen molar-refractivity contribution in [3.05, 3.63) is 47.9 Å². The molecule has 1 fully saturated rings. The number of amides is 1. The second kappa shape index (κ2) is 9.27. The largest absolute Gasteiger partial charge is 0.366 e. The molecule has 2 aromatic rings. The van der Waals surface area contributed by atoms with Gasteiger partial charge in [0.05, 0.1) is 0 Å². The monoisotopic (exact) mass is 353 g/mol. The van der Waals surface area contributed by atoms with Crippen LogP contribution in [0.4, 0.5) is 5.82 Å². The number of carbonyl (C=O) groups excluding carboxylic acids is 1. The van der Waals surface area contributed by atoms with E-state index >= 15 is 0 Å². The van der Waals surface area contributed by atoms with E-state index in [1.165, 1.54) is 38.5 Å². The molecule has 26 heavy (non-hydrogen) atoms. The van der Waals surface area contributed by atoms with Crippen molar-refractivity contribution >= 4 is 11.7 Å².